The third kappa shape index (κ3) is 3.00. The Bertz CT molecular complexity index is 511. The smallest absolute Gasteiger partial charge is 0.242 e. The third-order valence-corrected chi connectivity index (χ3v) is 5.15. The van der Waals surface area contributed by atoms with Crippen molar-refractivity contribution in [1.82, 2.24) is 19.8 Å². The van der Waals surface area contributed by atoms with Crippen molar-refractivity contribution < 1.29 is 4.79 Å². The predicted molar refractivity (Wildman–Crippen MR) is 85.5 cm³/mol. The van der Waals surface area contributed by atoms with Crippen LogP contribution in [0.3, 0.4) is 0 Å². The molecule has 5 nitrogen and oxygen atoms in total. The monoisotopic (exact) mass is 302 g/mol. The number of carbonyl (C=O) groups is 1. The fourth-order valence-electron chi connectivity index (χ4n) is 3.74. The first-order valence-corrected chi connectivity index (χ1v) is 8.39. The number of piperidine rings is 1. The summed E-state index contributed by atoms with van der Waals surface area (Å²) in [4.78, 5) is 25.8. The number of likely N-dealkylation sites (tertiary alicyclic amines) is 2. The van der Waals surface area contributed by atoms with Gasteiger partial charge in [-0.3, -0.25) is 9.69 Å². The van der Waals surface area contributed by atoms with Crippen LogP contribution in [0.4, 0.5) is 0 Å². The van der Waals surface area contributed by atoms with Gasteiger partial charge in [-0.1, -0.05) is 0 Å². The van der Waals surface area contributed by atoms with Gasteiger partial charge in [-0.2, -0.15) is 0 Å². The molecule has 0 aromatic carbocycles. The van der Waals surface area contributed by atoms with Crippen molar-refractivity contribution >= 4 is 5.91 Å². The second-order valence-corrected chi connectivity index (χ2v) is 6.98. The van der Waals surface area contributed by atoms with E-state index in [0.29, 0.717) is 5.92 Å². The van der Waals surface area contributed by atoms with Crippen molar-refractivity contribution in [3.63, 3.8) is 0 Å². The van der Waals surface area contributed by atoms with E-state index in [4.69, 9.17) is 0 Å². The lowest BCUT2D eigenvalue weighted by molar-refractivity contribution is -0.143. The third-order valence-electron chi connectivity index (χ3n) is 5.15. The number of amides is 1. The first-order chi connectivity index (χ1) is 10.6. The van der Waals surface area contributed by atoms with Crippen LogP contribution < -0.4 is 0 Å². The second-order valence-electron chi connectivity index (χ2n) is 6.98. The van der Waals surface area contributed by atoms with Gasteiger partial charge in [0.1, 0.15) is 6.33 Å². The lowest BCUT2D eigenvalue weighted by atomic mass is 9.92. The van der Waals surface area contributed by atoms with Crippen molar-refractivity contribution in [2.24, 2.45) is 0 Å². The van der Waals surface area contributed by atoms with Crippen LogP contribution in [0.2, 0.25) is 0 Å². The zero-order valence-electron chi connectivity index (χ0n) is 13.7. The molecular weight excluding hydrogens is 276 g/mol. The zero-order chi connectivity index (χ0) is 15.6. The molecule has 2 fully saturated rings. The Kier molecular flexibility index (Phi) is 4.43. The molecule has 3 rings (SSSR count). The van der Waals surface area contributed by atoms with Crippen LogP contribution in [0.5, 0.6) is 0 Å². The van der Waals surface area contributed by atoms with E-state index in [0.717, 1.165) is 44.7 Å². The van der Waals surface area contributed by atoms with E-state index in [-0.39, 0.29) is 11.4 Å². The lowest BCUT2D eigenvalue weighted by Crippen LogP contribution is -2.56. The summed E-state index contributed by atoms with van der Waals surface area (Å²) in [7, 11) is 0. The normalized spacial score (nSPS) is 23.7. The van der Waals surface area contributed by atoms with Crippen LogP contribution in [-0.2, 0) is 4.79 Å². The van der Waals surface area contributed by atoms with Crippen molar-refractivity contribution in [3.8, 4) is 0 Å². The van der Waals surface area contributed by atoms with Crippen LogP contribution in [0, 0.1) is 0 Å². The molecule has 3 heterocycles. The first kappa shape index (κ1) is 15.4. The SMILES string of the molecule is CC(C)(C(=O)N1CCCC(c2ccncn2)C1)N1CCCC1. The minimum Gasteiger partial charge on any atom is -0.340 e. The van der Waals surface area contributed by atoms with Gasteiger partial charge in [0.05, 0.1) is 5.54 Å². The minimum absolute atomic E-state index is 0.271. The summed E-state index contributed by atoms with van der Waals surface area (Å²) < 4.78 is 0. The van der Waals surface area contributed by atoms with Crippen molar-refractivity contribution in [2.45, 2.75) is 51.0 Å². The van der Waals surface area contributed by atoms with Crippen LogP contribution in [0.15, 0.2) is 18.6 Å². The van der Waals surface area contributed by atoms with Crippen molar-refractivity contribution in [2.75, 3.05) is 26.2 Å². The molecule has 120 valence electrons. The molecule has 2 aliphatic rings. The summed E-state index contributed by atoms with van der Waals surface area (Å²) in [5.74, 6) is 0.614. The molecule has 0 spiro atoms. The van der Waals surface area contributed by atoms with E-state index < -0.39 is 0 Å². The van der Waals surface area contributed by atoms with Gasteiger partial charge in [0.2, 0.25) is 5.91 Å². The largest absolute Gasteiger partial charge is 0.340 e. The molecule has 0 radical (unpaired) electrons. The fourth-order valence-corrected chi connectivity index (χ4v) is 3.74. The molecule has 22 heavy (non-hydrogen) atoms. The average molecular weight is 302 g/mol. The standard InChI is InChI=1S/C17H26N4O/c1-17(2,21-10-3-4-11-21)16(22)20-9-5-6-14(12-20)15-7-8-18-13-19-15/h7-8,13-14H,3-6,9-12H2,1-2H3. The van der Waals surface area contributed by atoms with E-state index in [1.54, 1.807) is 12.5 Å². The average Bonchev–Trinajstić information content (AvgIpc) is 3.10. The van der Waals surface area contributed by atoms with Gasteiger partial charge in [-0.05, 0) is 58.7 Å². The van der Waals surface area contributed by atoms with E-state index in [1.807, 2.05) is 6.07 Å². The highest BCUT2D eigenvalue weighted by molar-refractivity contribution is 5.85. The maximum Gasteiger partial charge on any atom is 0.242 e. The number of aromatic nitrogens is 2. The van der Waals surface area contributed by atoms with Gasteiger partial charge in [-0.15, -0.1) is 0 Å². The molecule has 1 aromatic rings. The number of hydrogen-bond acceptors (Lipinski definition) is 4. The summed E-state index contributed by atoms with van der Waals surface area (Å²) in [5.41, 5.74) is 0.677. The van der Waals surface area contributed by atoms with Gasteiger partial charge in [0, 0.05) is 30.9 Å². The summed E-state index contributed by atoms with van der Waals surface area (Å²) in [6, 6.07) is 1.98. The molecule has 1 aromatic heterocycles. The van der Waals surface area contributed by atoms with Crippen LogP contribution in [0.25, 0.3) is 0 Å². The maximum atomic E-state index is 13.0. The number of nitrogens with zero attached hydrogens (tertiary/aromatic N) is 4. The van der Waals surface area contributed by atoms with Crippen molar-refractivity contribution in [1.29, 1.82) is 0 Å². The Hall–Kier alpha value is -1.49. The molecule has 2 saturated heterocycles. The maximum absolute atomic E-state index is 13.0. The Morgan fingerprint density at radius 1 is 1.23 bits per heavy atom. The van der Waals surface area contributed by atoms with E-state index in [1.165, 1.54) is 12.8 Å². The fraction of sp³-hybridized carbons (Fsp3) is 0.706. The molecular formula is C17H26N4O. The Morgan fingerprint density at radius 2 is 2.00 bits per heavy atom. The Morgan fingerprint density at radius 3 is 2.68 bits per heavy atom. The van der Waals surface area contributed by atoms with Gasteiger partial charge in [0.15, 0.2) is 0 Å². The predicted octanol–water partition coefficient (Wildman–Crippen LogP) is 2.06. The minimum atomic E-state index is -0.385. The molecule has 0 aliphatic carbocycles. The molecule has 0 N–H and O–H groups in total. The van der Waals surface area contributed by atoms with Crippen LogP contribution in [0.1, 0.15) is 51.1 Å². The highest BCUT2D eigenvalue weighted by Gasteiger charge is 2.40. The van der Waals surface area contributed by atoms with Gasteiger partial charge in [0.25, 0.3) is 0 Å². The summed E-state index contributed by atoms with van der Waals surface area (Å²) in [6.07, 6.45) is 7.96. The number of rotatable bonds is 3. The summed E-state index contributed by atoms with van der Waals surface area (Å²) in [6.45, 7) is 7.90. The summed E-state index contributed by atoms with van der Waals surface area (Å²) in [5, 5.41) is 0. The molecule has 0 saturated carbocycles. The van der Waals surface area contributed by atoms with Gasteiger partial charge >= 0.3 is 0 Å². The first-order valence-electron chi connectivity index (χ1n) is 8.39. The Balaban J connectivity index is 1.70. The van der Waals surface area contributed by atoms with E-state index >= 15 is 0 Å². The highest BCUT2D eigenvalue weighted by Crippen LogP contribution is 2.29. The zero-order valence-corrected chi connectivity index (χ0v) is 13.7. The number of hydrogen-bond donors (Lipinski definition) is 0. The highest BCUT2D eigenvalue weighted by atomic mass is 16.2. The van der Waals surface area contributed by atoms with Gasteiger partial charge < -0.3 is 4.90 Å². The van der Waals surface area contributed by atoms with E-state index in [2.05, 4.69) is 33.6 Å². The Labute approximate surface area is 132 Å². The van der Waals surface area contributed by atoms with Crippen LogP contribution >= 0.6 is 0 Å². The quantitative estimate of drug-likeness (QED) is 0.857. The molecule has 5 heteroatoms. The topological polar surface area (TPSA) is 49.3 Å². The molecule has 2 aliphatic heterocycles. The molecule has 0 bridgehead atoms. The molecule has 1 unspecified atom stereocenters. The van der Waals surface area contributed by atoms with Gasteiger partial charge in [-0.25, -0.2) is 9.97 Å². The summed E-state index contributed by atoms with van der Waals surface area (Å²) >= 11 is 0. The number of carbonyl (C=O) groups excluding carboxylic acids is 1. The second kappa shape index (κ2) is 6.32. The molecule has 1 amide bonds. The lowest BCUT2D eigenvalue weighted by Gasteiger charge is -2.41. The molecule has 1 atom stereocenters. The van der Waals surface area contributed by atoms with Crippen molar-refractivity contribution in [3.05, 3.63) is 24.3 Å². The van der Waals surface area contributed by atoms with E-state index in [9.17, 15) is 4.79 Å². The van der Waals surface area contributed by atoms with Crippen LogP contribution in [-0.4, -0.2) is 57.4 Å².